The van der Waals surface area contributed by atoms with E-state index in [1.165, 1.54) is 18.3 Å². The molecule has 2 aliphatic rings. The number of pyridine rings is 1. The topological polar surface area (TPSA) is 82.5 Å². The highest BCUT2D eigenvalue weighted by atomic mass is 127. The highest BCUT2D eigenvalue weighted by Gasteiger charge is 2.42. The first kappa shape index (κ1) is 37.7. The molecule has 2 amide bonds. The molecule has 2 aliphatic heterocycles. The number of nitrogens with zero attached hydrogens (tertiary/aromatic N) is 2. The van der Waals surface area contributed by atoms with Crippen LogP contribution in [0.4, 0.5) is 17.6 Å². The molecule has 48 heavy (non-hydrogen) atoms. The fourth-order valence-corrected chi connectivity index (χ4v) is 6.45. The summed E-state index contributed by atoms with van der Waals surface area (Å²) in [5.41, 5.74) is 0.530. The van der Waals surface area contributed by atoms with Crippen molar-refractivity contribution in [1.82, 2.24) is 15.2 Å². The number of carbonyl (C=O) groups is 2. The molecule has 2 fully saturated rings. The minimum Gasteiger partial charge on any atom is -0.385 e. The Morgan fingerprint density at radius 3 is 2.35 bits per heavy atom. The van der Waals surface area contributed by atoms with Crippen LogP contribution < -0.4 is 5.32 Å². The molecule has 3 aromatic carbocycles. The summed E-state index contributed by atoms with van der Waals surface area (Å²) in [7, 11) is 3.50. The summed E-state index contributed by atoms with van der Waals surface area (Å²) in [6.07, 6.45) is -1.45. The summed E-state index contributed by atoms with van der Waals surface area (Å²) in [5, 5.41) is 14.5. The lowest BCUT2D eigenvalue weighted by Gasteiger charge is -2.44. The Kier molecular flexibility index (Phi) is 13.0. The van der Waals surface area contributed by atoms with E-state index in [0.717, 1.165) is 17.7 Å². The third-order valence-electron chi connectivity index (χ3n) is 8.85. The van der Waals surface area contributed by atoms with Gasteiger partial charge in [0, 0.05) is 42.7 Å². The number of fused-ring (bicyclic) bond motifs is 1. The number of carbonyl (C=O) groups excluding carboxylic acids is 2. The van der Waals surface area contributed by atoms with Gasteiger partial charge in [-0.25, -0.2) is 4.39 Å². The molecule has 3 unspecified atom stereocenters. The lowest BCUT2D eigenvalue weighted by atomic mass is 9.78. The Bertz CT molecular complexity index is 1710. The van der Waals surface area contributed by atoms with Crippen LogP contribution in [-0.2, 0) is 34.3 Å². The number of hydrogen-bond acceptors (Lipinski definition) is 6. The molecule has 2 N–H and O–H groups in total. The number of nitrogens with one attached hydrogen (secondary N) is 1. The van der Waals surface area contributed by atoms with E-state index in [4.69, 9.17) is 0 Å². The number of amides is 2. The Hall–Kier alpha value is -3.07. The van der Waals surface area contributed by atoms with Gasteiger partial charge in [0.2, 0.25) is 11.8 Å². The molecule has 4 aromatic rings. The number of piperidine rings is 2. The number of alkyl halides is 3. The molecule has 0 radical (unpaired) electrons. The predicted octanol–water partition coefficient (Wildman–Crippen LogP) is 8.30. The Balaban J connectivity index is 0.00000125. The first-order chi connectivity index (χ1) is 23.0. The van der Waals surface area contributed by atoms with E-state index in [1.807, 2.05) is 65.4 Å². The first-order valence-electron chi connectivity index (χ1n) is 15.8. The molecule has 6 nitrogen and oxygen atoms in total. The van der Waals surface area contributed by atoms with Gasteiger partial charge in [0.25, 0.3) is 0 Å². The van der Waals surface area contributed by atoms with E-state index in [1.54, 1.807) is 18.2 Å². The number of hydrogen-bond donors (Lipinski definition) is 3. The van der Waals surface area contributed by atoms with Crippen molar-refractivity contribution in [3.8, 4) is 0 Å². The number of thiol groups is 1. The van der Waals surface area contributed by atoms with Gasteiger partial charge in [-0.3, -0.25) is 24.8 Å². The van der Waals surface area contributed by atoms with E-state index in [2.05, 4.69) is 25.0 Å². The number of rotatable bonds is 6. The smallest absolute Gasteiger partial charge is 0.385 e. The third-order valence-corrected chi connectivity index (χ3v) is 8.85. The van der Waals surface area contributed by atoms with E-state index >= 15 is 4.39 Å². The molecule has 2 saturated heterocycles. The minimum atomic E-state index is -4.42. The van der Waals surface area contributed by atoms with Gasteiger partial charge in [0.05, 0.1) is 22.6 Å². The molecule has 256 valence electrons. The molecule has 0 aliphatic carbocycles. The number of aliphatic hydroxyl groups is 1. The molecular formula is C36H38F4IN3O3S. The number of aromatic nitrogens is 1. The summed E-state index contributed by atoms with van der Waals surface area (Å²) in [6, 6.07) is 19.3. The Morgan fingerprint density at radius 2 is 1.71 bits per heavy atom. The molecule has 3 atom stereocenters. The van der Waals surface area contributed by atoms with Crippen LogP contribution in [-0.4, -0.2) is 39.4 Å². The van der Waals surface area contributed by atoms with Gasteiger partial charge in [0.1, 0.15) is 5.82 Å². The third kappa shape index (κ3) is 8.74. The van der Waals surface area contributed by atoms with Crippen molar-refractivity contribution in [3.05, 3.63) is 113 Å². The second-order valence-electron chi connectivity index (χ2n) is 11.8. The van der Waals surface area contributed by atoms with Crippen LogP contribution in [0.1, 0.15) is 73.3 Å². The molecule has 12 heteroatoms. The monoisotopic (exact) mass is 795 g/mol. The summed E-state index contributed by atoms with van der Waals surface area (Å²) in [4.78, 5) is 30.6. The van der Waals surface area contributed by atoms with Crippen LogP contribution in [0, 0.1) is 5.82 Å². The zero-order valence-corrected chi connectivity index (χ0v) is 29.7. The standard InChI is InChI=1S/C34H31F4N3O3.C2H6.HIS/c35-31-27-17-23(26-10-13-30(42)40-32(26)43)19-39-29(27)12-11-28(31)33(44)14-15-41(25(18-33)16-21-4-2-1-3-5-21)20-22-6-8-24(9-7-22)34(36,37)38;2*1-2/h1-9,11-12,17,19,25-26,44H,10,13-16,18,20H2,(H,40,42,43);1-2H3;2H. The molecule has 1 aromatic heterocycles. The minimum absolute atomic E-state index is 0.138. The predicted molar refractivity (Wildman–Crippen MR) is 190 cm³/mol. The van der Waals surface area contributed by atoms with Gasteiger partial charge >= 0.3 is 6.18 Å². The van der Waals surface area contributed by atoms with Gasteiger partial charge < -0.3 is 5.11 Å². The average molecular weight is 796 g/mol. The van der Waals surface area contributed by atoms with Crippen molar-refractivity contribution >= 4 is 53.7 Å². The van der Waals surface area contributed by atoms with Crippen molar-refractivity contribution in [3.63, 3.8) is 0 Å². The number of benzene rings is 3. The summed E-state index contributed by atoms with van der Waals surface area (Å²) in [5.74, 6) is -2.02. The van der Waals surface area contributed by atoms with Crippen molar-refractivity contribution in [2.45, 2.75) is 76.2 Å². The molecule has 0 bridgehead atoms. The molecule has 3 heterocycles. The van der Waals surface area contributed by atoms with Crippen LogP contribution >= 0.6 is 31.0 Å². The van der Waals surface area contributed by atoms with Gasteiger partial charge in [-0.05, 0) is 87.8 Å². The van der Waals surface area contributed by atoms with E-state index in [9.17, 15) is 27.9 Å². The fourth-order valence-electron chi connectivity index (χ4n) is 6.45. The van der Waals surface area contributed by atoms with Crippen LogP contribution in [0.25, 0.3) is 10.9 Å². The number of imide groups is 1. The summed E-state index contributed by atoms with van der Waals surface area (Å²) < 4.78 is 55.6. The number of halogens is 5. The Labute approximate surface area is 295 Å². The largest absolute Gasteiger partial charge is 0.416 e. The van der Waals surface area contributed by atoms with Crippen molar-refractivity contribution in [1.29, 1.82) is 0 Å². The molecule has 0 spiro atoms. The fraction of sp³-hybridized carbons (Fsp3) is 0.361. The van der Waals surface area contributed by atoms with Gasteiger partial charge in [-0.1, -0.05) is 62.4 Å². The normalized spacial score (nSPS) is 21.4. The van der Waals surface area contributed by atoms with Crippen LogP contribution in [0.5, 0.6) is 0 Å². The lowest BCUT2D eigenvalue weighted by molar-refractivity contribution is -0.138. The summed E-state index contributed by atoms with van der Waals surface area (Å²) >= 11 is 1.84. The maximum Gasteiger partial charge on any atom is 0.416 e. The zero-order chi connectivity index (χ0) is 35.1. The quantitative estimate of drug-likeness (QED) is 0.0793. The molecular weight excluding hydrogens is 757 g/mol. The van der Waals surface area contributed by atoms with Gasteiger partial charge in [0.15, 0.2) is 0 Å². The van der Waals surface area contributed by atoms with E-state index in [-0.39, 0.29) is 42.2 Å². The van der Waals surface area contributed by atoms with Crippen LogP contribution in [0.2, 0.25) is 0 Å². The SMILES string of the molecule is CC.O=C1CCC(c2cnc3ccc(C4(O)CCN(Cc5ccc(C(F)(F)F)cc5)C(Cc5ccccc5)C4)c(F)c3c2)C(=O)N1.SI. The van der Waals surface area contributed by atoms with E-state index < -0.39 is 35.0 Å². The average Bonchev–Trinajstić information content (AvgIpc) is 3.08. The van der Waals surface area contributed by atoms with E-state index in [0.29, 0.717) is 42.6 Å². The first-order valence-corrected chi connectivity index (χ1v) is 19.0. The maximum atomic E-state index is 16.3. The highest BCUT2D eigenvalue weighted by Crippen LogP contribution is 2.41. The second-order valence-corrected chi connectivity index (χ2v) is 11.8. The highest BCUT2D eigenvalue weighted by molar-refractivity contribution is 14.2. The Morgan fingerprint density at radius 1 is 1.02 bits per heavy atom. The maximum absolute atomic E-state index is 16.3. The molecule has 6 rings (SSSR count). The van der Waals surface area contributed by atoms with Crippen molar-refractivity contribution < 1.29 is 32.3 Å². The van der Waals surface area contributed by atoms with Crippen molar-refractivity contribution in [2.24, 2.45) is 0 Å². The van der Waals surface area contributed by atoms with Gasteiger partial charge in [-0.15, -0.1) is 9.80 Å². The number of likely N-dealkylation sites (tertiary alicyclic amines) is 1. The second kappa shape index (κ2) is 16.6. The van der Waals surface area contributed by atoms with Crippen LogP contribution in [0.15, 0.2) is 79.0 Å². The van der Waals surface area contributed by atoms with Crippen molar-refractivity contribution in [2.75, 3.05) is 6.54 Å². The molecule has 0 saturated carbocycles. The van der Waals surface area contributed by atoms with Gasteiger partial charge in [-0.2, -0.15) is 13.2 Å². The zero-order valence-electron chi connectivity index (χ0n) is 26.6. The van der Waals surface area contributed by atoms with Crippen LogP contribution in [0.3, 0.4) is 0 Å². The lowest BCUT2D eigenvalue weighted by Crippen LogP contribution is -2.50. The summed E-state index contributed by atoms with van der Waals surface area (Å²) in [6.45, 7) is 4.77.